The van der Waals surface area contributed by atoms with E-state index in [9.17, 15) is 18.0 Å². The molecule has 0 saturated carbocycles. The fourth-order valence-corrected chi connectivity index (χ4v) is 3.37. The first-order valence-electron chi connectivity index (χ1n) is 7.61. The molecule has 0 saturated heterocycles. The van der Waals surface area contributed by atoms with Crippen LogP contribution in [0.3, 0.4) is 0 Å². The lowest BCUT2D eigenvalue weighted by Gasteiger charge is -2.10. The van der Waals surface area contributed by atoms with Crippen LogP contribution < -0.4 is 15.6 Å². The van der Waals surface area contributed by atoms with Gasteiger partial charge in [0.1, 0.15) is 5.75 Å². The topological polar surface area (TPSA) is 102 Å². The van der Waals surface area contributed by atoms with E-state index < -0.39 is 21.7 Å². The van der Waals surface area contributed by atoms with Crippen molar-refractivity contribution in [3.63, 3.8) is 0 Å². The Kier molecular flexibility index (Phi) is 6.99. The van der Waals surface area contributed by atoms with Crippen LogP contribution in [-0.2, 0) is 19.4 Å². The molecule has 0 aromatic heterocycles. The van der Waals surface area contributed by atoms with Crippen molar-refractivity contribution in [3.8, 4) is 5.75 Å². The first-order valence-corrected chi connectivity index (χ1v) is 9.64. The molecule has 0 aliphatic heterocycles. The minimum atomic E-state index is -3.56. The number of benzene rings is 2. The van der Waals surface area contributed by atoms with Crippen molar-refractivity contribution >= 4 is 33.3 Å². The van der Waals surface area contributed by atoms with Crippen molar-refractivity contribution in [1.82, 2.24) is 10.9 Å². The Morgan fingerprint density at radius 2 is 1.54 bits per heavy atom. The fraction of sp³-hybridized carbons (Fsp3) is 0.176. The van der Waals surface area contributed by atoms with Gasteiger partial charge in [0.25, 0.3) is 5.91 Å². The number of amides is 2. The summed E-state index contributed by atoms with van der Waals surface area (Å²) in [6, 6.07) is 14.5. The second-order valence-corrected chi connectivity index (χ2v) is 7.71. The van der Waals surface area contributed by atoms with Crippen LogP contribution in [0.2, 0.25) is 5.02 Å². The maximum atomic E-state index is 12.1. The summed E-state index contributed by atoms with van der Waals surface area (Å²) in [5.74, 6) is -1.26. The molecule has 0 unspecified atom stereocenters. The lowest BCUT2D eigenvalue weighted by Crippen LogP contribution is -2.44. The van der Waals surface area contributed by atoms with Crippen LogP contribution in [0.1, 0.15) is 6.42 Å². The van der Waals surface area contributed by atoms with Gasteiger partial charge in [-0.3, -0.25) is 20.4 Å². The Bertz CT molecular complexity index is 872. The number of sulfone groups is 1. The van der Waals surface area contributed by atoms with Crippen LogP contribution in [0.25, 0.3) is 0 Å². The average Bonchev–Trinajstić information content (AvgIpc) is 2.65. The van der Waals surface area contributed by atoms with Crippen molar-refractivity contribution in [3.05, 3.63) is 59.6 Å². The average molecular weight is 397 g/mol. The van der Waals surface area contributed by atoms with Crippen molar-refractivity contribution in [2.45, 2.75) is 11.3 Å². The smallest absolute Gasteiger partial charge is 0.276 e. The number of rotatable bonds is 7. The van der Waals surface area contributed by atoms with Crippen LogP contribution in [0, 0.1) is 0 Å². The third-order valence-corrected chi connectivity index (χ3v) is 5.28. The highest BCUT2D eigenvalue weighted by Crippen LogP contribution is 2.22. The number of nitrogens with one attached hydrogen (secondary N) is 2. The van der Waals surface area contributed by atoms with E-state index in [1.807, 2.05) is 0 Å². The molecule has 0 radical (unpaired) electrons. The highest BCUT2D eigenvalue weighted by molar-refractivity contribution is 7.91. The van der Waals surface area contributed by atoms with E-state index in [0.29, 0.717) is 10.8 Å². The molecule has 2 rings (SSSR count). The molecule has 26 heavy (non-hydrogen) atoms. The Balaban J connectivity index is 1.73. The summed E-state index contributed by atoms with van der Waals surface area (Å²) < 4.78 is 29.3. The Hall–Kier alpha value is -2.58. The molecule has 0 atom stereocenters. The summed E-state index contributed by atoms with van der Waals surface area (Å²) in [7, 11) is -3.56. The molecule has 138 valence electrons. The van der Waals surface area contributed by atoms with Gasteiger partial charge in [-0.05, 0) is 24.3 Å². The molecular weight excluding hydrogens is 380 g/mol. The SMILES string of the molecule is O=C(CCS(=O)(=O)c1ccccc1)NNC(=O)COc1ccccc1Cl. The zero-order valence-electron chi connectivity index (χ0n) is 13.6. The number of hydrazine groups is 1. The van der Waals surface area contributed by atoms with Crippen molar-refractivity contribution in [2.24, 2.45) is 0 Å². The molecule has 2 N–H and O–H groups in total. The first kappa shape index (κ1) is 19.7. The van der Waals surface area contributed by atoms with E-state index in [2.05, 4.69) is 10.9 Å². The van der Waals surface area contributed by atoms with E-state index in [-0.39, 0.29) is 23.7 Å². The minimum Gasteiger partial charge on any atom is -0.482 e. The van der Waals surface area contributed by atoms with Gasteiger partial charge < -0.3 is 4.74 Å². The number of hydrogen-bond donors (Lipinski definition) is 2. The van der Waals surface area contributed by atoms with Gasteiger partial charge >= 0.3 is 0 Å². The van der Waals surface area contributed by atoms with Gasteiger partial charge in [0.05, 0.1) is 15.7 Å². The Morgan fingerprint density at radius 1 is 0.923 bits per heavy atom. The van der Waals surface area contributed by atoms with Crippen LogP contribution in [0.4, 0.5) is 0 Å². The lowest BCUT2D eigenvalue weighted by molar-refractivity contribution is -0.129. The molecule has 0 heterocycles. The number of carbonyl (C=O) groups excluding carboxylic acids is 2. The maximum Gasteiger partial charge on any atom is 0.276 e. The molecule has 0 spiro atoms. The maximum absolute atomic E-state index is 12.1. The van der Waals surface area contributed by atoms with E-state index in [4.69, 9.17) is 16.3 Å². The minimum absolute atomic E-state index is 0.143. The number of ether oxygens (including phenoxy) is 1. The molecule has 7 nitrogen and oxygen atoms in total. The van der Waals surface area contributed by atoms with Crippen molar-refractivity contribution < 1.29 is 22.7 Å². The van der Waals surface area contributed by atoms with Gasteiger partial charge in [-0.2, -0.15) is 0 Å². The highest BCUT2D eigenvalue weighted by Gasteiger charge is 2.16. The van der Waals surface area contributed by atoms with Crippen molar-refractivity contribution in [2.75, 3.05) is 12.4 Å². The summed E-state index contributed by atoms with van der Waals surface area (Å²) in [6.07, 6.45) is -0.289. The zero-order valence-corrected chi connectivity index (χ0v) is 15.2. The normalized spacial score (nSPS) is 10.8. The van der Waals surface area contributed by atoms with E-state index in [0.717, 1.165) is 0 Å². The van der Waals surface area contributed by atoms with Crippen LogP contribution in [0.5, 0.6) is 5.75 Å². The summed E-state index contributed by atoms with van der Waals surface area (Å²) in [5.41, 5.74) is 4.29. The van der Waals surface area contributed by atoms with E-state index in [1.165, 1.54) is 12.1 Å². The summed E-state index contributed by atoms with van der Waals surface area (Å²) >= 11 is 5.89. The summed E-state index contributed by atoms with van der Waals surface area (Å²) in [5, 5.41) is 0.357. The molecule has 2 amide bonds. The van der Waals surface area contributed by atoms with Crippen LogP contribution in [0.15, 0.2) is 59.5 Å². The second kappa shape index (κ2) is 9.21. The Morgan fingerprint density at radius 3 is 2.23 bits per heavy atom. The van der Waals surface area contributed by atoms with E-state index in [1.54, 1.807) is 42.5 Å². The largest absolute Gasteiger partial charge is 0.482 e. The predicted molar refractivity (Wildman–Crippen MR) is 96.3 cm³/mol. The number of carbonyl (C=O) groups is 2. The van der Waals surface area contributed by atoms with Gasteiger partial charge in [0, 0.05) is 6.42 Å². The Labute approximate surface area is 156 Å². The number of hydrogen-bond acceptors (Lipinski definition) is 5. The standard InChI is InChI=1S/C17H17ClN2O5S/c18-14-8-4-5-9-15(14)25-12-17(22)20-19-16(21)10-11-26(23,24)13-6-2-1-3-7-13/h1-9H,10-12H2,(H,19,21)(H,20,22). The summed E-state index contributed by atoms with van der Waals surface area (Å²) in [4.78, 5) is 23.5. The van der Waals surface area contributed by atoms with Gasteiger partial charge in [0.2, 0.25) is 5.91 Å². The first-order chi connectivity index (χ1) is 12.4. The van der Waals surface area contributed by atoms with Gasteiger partial charge in [-0.25, -0.2) is 8.42 Å². The molecular formula is C17H17ClN2O5S. The van der Waals surface area contributed by atoms with Gasteiger partial charge in [-0.15, -0.1) is 0 Å². The number of halogens is 1. The molecule has 9 heteroatoms. The van der Waals surface area contributed by atoms with Crippen molar-refractivity contribution in [1.29, 1.82) is 0 Å². The molecule has 0 fully saturated rings. The highest BCUT2D eigenvalue weighted by atomic mass is 35.5. The quantitative estimate of drug-likeness (QED) is 0.694. The monoisotopic (exact) mass is 396 g/mol. The zero-order chi connectivity index (χ0) is 19.0. The summed E-state index contributed by atoms with van der Waals surface area (Å²) in [6.45, 7) is -0.355. The molecule has 0 aliphatic rings. The molecule has 0 aliphatic carbocycles. The molecule has 2 aromatic carbocycles. The van der Waals surface area contributed by atoms with E-state index >= 15 is 0 Å². The third kappa shape index (κ3) is 6.05. The predicted octanol–water partition coefficient (Wildman–Crippen LogP) is 1.73. The number of para-hydroxylation sites is 1. The molecule has 0 bridgehead atoms. The lowest BCUT2D eigenvalue weighted by atomic mass is 10.3. The van der Waals surface area contributed by atoms with Crippen LogP contribution in [-0.4, -0.2) is 32.6 Å². The van der Waals surface area contributed by atoms with Gasteiger partial charge in [-0.1, -0.05) is 41.9 Å². The fourth-order valence-electron chi connectivity index (χ4n) is 1.92. The third-order valence-electron chi connectivity index (χ3n) is 3.24. The molecule has 2 aromatic rings. The second-order valence-electron chi connectivity index (χ2n) is 5.20. The van der Waals surface area contributed by atoms with Crippen LogP contribution >= 0.6 is 11.6 Å². The van der Waals surface area contributed by atoms with Gasteiger partial charge in [0.15, 0.2) is 16.4 Å².